The van der Waals surface area contributed by atoms with E-state index in [4.69, 9.17) is 9.63 Å². The first-order valence-electron chi connectivity index (χ1n) is 7.86. The molecule has 1 aromatic heterocycles. The first-order valence-corrected chi connectivity index (χ1v) is 7.86. The Hall–Kier alpha value is -2.77. The van der Waals surface area contributed by atoms with Crippen LogP contribution in [0.25, 0.3) is 0 Å². The number of benzene rings is 1. The van der Waals surface area contributed by atoms with Gasteiger partial charge in [-0.05, 0) is 18.9 Å². The molecule has 2 aromatic rings. The number of carboxylic acid groups (broad SMARTS) is 1. The topological polar surface area (TPSA) is 83.6 Å². The fourth-order valence-corrected chi connectivity index (χ4v) is 2.47. The van der Waals surface area contributed by atoms with E-state index < -0.39 is 23.5 Å². The van der Waals surface area contributed by atoms with Crippen molar-refractivity contribution in [3.05, 3.63) is 52.9 Å². The SMILES string of the molecule is O=C(O)CCN(Cc1cccc(F)c1F)C(=O)c1cc(C2CC2)on1. The molecule has 25 heavy (non-hydrogen) atoms. The summed E-state index contributed by atoms with van der Waals surface area (Å²) in [6, 6.07) is 5.17. The monoisotopic (exact) mass is 350 g/mol. The second-order valence-corrected chi connectivity index (χ2v) is 5.97. The minimum atomic E-state index is -1.10. The molecule has 6 nitrogen and oxygen atoms in total. The standard InChI is InChI=1S/C17H16F2N2O4/c18-12-3-1-2-11(16(12)19)9-21(7-6-15(22)23)17(24)13-8-14(25-20-13)10-4-5-10/h1-3,8,10H,4-7,9H2,(H,22,23). The van der Waals surface area contributed by atoms with Crippen LogP contribution in [0, 0.1) is 11.6 Å². The number of carbonyl (C=O) groups is 2. The first kappa shape index (κ1) is 17.1. The Balaban J connectivity index is 1.80. The summed E-state index contributed by atoms with van der Waals surface area (Å²) >= 11 is 0. The van der Waals surface area contributed by atoms with Gasteiger partial charge >= 0.3 is 5.97 Å². The number of aromatic nitrogens is 1. The third-order valence-corrected chi connectivity index (χ3v) is 4.00. The van der Waals surface area contributed by atoms with Gasteiger partial charge in [0, 0.05) is 30.6 Å². The maximum Gasteiger partial charge on any atom is 0.305 e. The van der Waals surface area contributed by atoms with E-state index in [1.807, 2.05) is 0 Å². The molecule has 0 unspecified atom stereocenters. The van der Waals surface area contributed by atoms with Crippen LogP contribution in [0.15, 0.2) is 28.8 Å². The van der Waals surface area contributed by atoms with Crippen molar-refractivity contribution >= 4 is 11.9 Å². The van der Waals surface area contributed by atoms with E-state index in [1.54, 1.807) is 0 Å². The number of hydrogen-bond acceptors (Lipinski definition) is 4. The van der Waals surface area contributed by atoms with Crippen LogP contribution in [0.3, 0.4) is 0 Å². The molecule has 8 heteroatoms. The lowest BCUT2D eigenvalue weighted by molar-refractivity contribution is -0.137. The maximum absolute atomic E-state index is 13.9. The lowest BCUT2D eigenvalue weighted by atomic mass is 10.1. The van der Waals surface area contributed by atoms with Crippen LogP contribution in [0.5, 0.6) is 0 Å². The summed E-state index contributed by atoms with van der Waals surface area (Å²) in [5.74, 6) is -2.90. The van der Waals surface area contributed by atoms with E-state index in [0.29, 0.717) is 5.76 Å². The highest BCUT2D eigenvalue weighted by Gasteiger charge is 2.30. The number of carboxylic acids is 1. The molecule has 1 aliphatic rings. The van der Waals surface area contributed by atoms with Gasteiger partial charge in [0.2, 0.25) is 0 Å². The zero-order chi connectivity index (χ0) is 18.0. The Morgan fingerprint density at radius 1 is 1.32 bits per heavy atom. The fraction of sp³-hybridized carbons (Fsp3) is 0.353. The lowest BCUT2D eigenvalue weighted by Gasteiger charge is -2.21. The summed E-state index contributed by atoms with van der Waals surface area (Å²) in [5.41, 5.74) is -0.00579. The maximum atomic E-state index is 13.9. The summed E-state index contributed by atoms with van der Waals surface area (Å²) < 4.78 is 32.4. The molecular formula is C17H16F2N2O4. The number of hydrogen-bond donors (Lipinski definition) is 1. The van der Waals surface area contributed by atoms with Crippen LogP contribution in [0.2, 0.25) is 0 Å². The van der Waals surface area contributed by atoms with E-state index in [9.17, 15) is 18.4 Å². The molecule has 1 aliphatic carbocycles. The lowest BCUT2D eigenvalue weighted by Crippen LogP contribution is -2.33. The third-order valence-electron chi connectivity index (χ3n) is 4.00. The van der Waals surface area contributed by atoms with Gasteiger partial charge in [-0.25, -0.2) is 8.78 Å². The number of carbonyl (C=O) groups excluding carboxylic acids is 1. The molecule has 0 atom stereocenters. The molecule has 1 saturated carbocycles. The minimum absolute atomic E-state index is 0.0316. The molecule has 1 fully saturated rings. The van der Waals surface area contributed by atoms with Crippen molar-refractivity contribution < 1.29 is 28.0 Å². The van der Waals surface area contributed by atoms with Gasteiger partial charge in [0.25, 0.3) is 5.91 Å². The molecule has 0 bridgehead atoms. The van der Waals surface area contributed by atoms with E-state index in [1.165, 1.54) is 18.2 Å². The molecule has 132 valence electrons. The Morgan fingerprint density at radius 3 is 2.76 bits per heavy atom. The van der Waals surface area contributed by atoms with Crippen molar-refractivity contribution in [3.63, 3.8) is 0 Å². The zero-order valence-corrected chi connectivity index (χ0v) is 13.2. The molecule has 0 radical (unpaired) electrons. The van der Waals surface area contributed by atoms with Crippen LogP contribution in [-0.2, 0) is 11.3 Å². The van der Waals surface area contributed by atoms with E-state index in [0.717, 1.165) is 23.8 Å². The molecule has 3 rings (SSSR count). The quantitative estimate of drug-likeness (QED) is 0.830. The third kappa shape index (κ3) is 4.01. The van der Waals surface area contributed by atoms with E-state index >= 15 is 0 Å². The fourth-order valence-electron chi connectivity index (χ4n) is 2.47. The Morgan fingerprint density at radius 2 is 2.08 bits per heavy atom. The number of halogens is 2. The van der Waals surface area contributed by atoms with Crippen LogP contribution in [-0.4, -0.2) is 33.6 Å². The van der Waals surface area contributed by atoms with Crippen molar-refractivity contribution in [2.45, 2.75) is 31.7 Å². The van der Waals surface area contributed by atoms with Crippen molar-refractivity contribution in [2.24, 2.45) is 0 Å². The first-order chi connectivity index (χ1) is 12.0. The Labute approximate surface area is 142 Å². The van der Waals surface area contributed by atoms with Gasteiger partial charge < -0.3 is 14.5 Å². The smallest absolute Gasteiger partial charge is 0.305 e. The number of aliphatic carboxylic acids is 1. The minimum Gasteiger partial charge on any atom is -0.481 e. The van der Waals surface area contributed by atoms with Gasteiger partial charge in [-0.15, -0.1) is 0 Å². The van der Waals surface area contributed by atoms with Crippen LogP contribution < -0.4 is 0 Å². The average molecular weight is 350 g/mol. The summed E-state index contributed by atoms with van der Waals surface area (Å²) in [6.45, 7) is -0.420. The zero-order valence-electron chi connectivity index (χ0n) is 13.2. The van der Waals surface area contributed by atoms with Crippen LogP contribution in [0.1, 0.15) is 47.0 Å². The molecule has 1 N–H and O–H groups in total. The second kappa shape index (κ2) is 7.00. The van der Waals surface area contributed by atoms with Gasteiger partial charge in [0.15, 0.2) is 17.3 Å². The molecule has 0 aliphatic heterocycles. The Kier molecular flexibility index (Phi) is 4.78. The molecular weight excluding hydrogens is 334 g/mol. The largest absolute Gasteiger partial charge is 0.481 e. The normalized spacial score (nSPS) is 13.7. The summed E-state index contributed by atoms with van der Waals surface area (Å²) in [5, 5.41) is 12.6. The van der Waals surface area contributed by atoms with Gasteiger partial charge in [-0.2, -0.15) is 0 Å². The van der Waals surface area contributed by atoms with Gasteiger partial charge in [-0.3, -0.25) is 9.59 Å². The van der Waals surface area contributed by atoms with Crippen LogP contribution in [0.4, 0.5) is 8.78 Å². The molecule has 0 saturated heterocycles. The number of amides is 1. The molecule has 0 spiro atoms. The predicted molar refractivity (Wildman–Crippen MR) is 81.8 cm³/mol. The van der Waals surface area contributed by atoms with Crippen molar-refractivity contribution in [2.75, 3.05) is 6.54 Å². The van der Waals surface area contributed by atoms with E-state index in [-0.39, 0.29) is 36.7 Å². The molecule has 1 heterocycles. The highest BCUT2D eigenvalue weighted by Crippen LogP contribution is 2.40. The van der Waals surface area contributed by atoms with Crippen molar-refractivity contribution in [1.29, 1.82) is 0 Å². The van der Waals surface area contributed by atoms with Gasteiger partial charge in [0.05, 0.1) is 6.42 Å². The summed E-state index contributed by atoms with van der Waals surface area (Å²) in [7, 11) is 0. The second-order valence-electron chi connectivity index (χ2n) is 5.97. The summed E-state index contributed by atoms with van der Waals surface area (Å²) in [4.78, 5) is 24.6. The average Bonchev–Trinajstić information content (AvgIpc) is 3.31. The number of rotatable bonds is 7. The highest BCUT2D eigenvalue weighted by atomic mass is 19.2. The molecule has 1 aromatic carbocycles. The van der Waals surface area contributed by atoms with E-state index in [2.05, 4.69) is 5.16 Å². The molecule has 1 amide bonds. The Bertz CT molecular complexity index is 802. The predicted octanol–water partition coefficient (Wildman–Crippen LogP) is 2.95. The van der Waals surface area contributed by atoms with Gasteiger partial charge in [-0.1, -0.05) is 17.3 Å². The summed E-state index contributed by atoms with van der Waals surface area (Å²) in [6.07, 6.45) is 1.62. The van der Waals surface area contributed by atoms with Crippen LogP contribution >= 0.6 is 0 Å². The highest BCUT2D eigenvalue weighted by molar-refractivity contribution is 5.92. The van der Waals surface area contributed by atoms with Crippen molar-refractivity contribution in [3.8, 4) is 0 Å². The van der Waals surface area contributed by atoms with Crippen molar-refractivity contribution in [1.82, 2.24) is 10.1 Å². The van der Waals surface area contributed by atoms with Gasteiger partial charge in [0.1, 0.15) is 5.76 Å². The number of nitrogens with zero attached hydrogens (tertiary/aromatic N) is 2.